The number of nitrogens with two attached hydrogens (primary N) is 1. The van der Waals surface area contributed by atoms with E-state index in [1.54, 1.807) is 7.11 Å². The lowest BCUT2D eigenvalue weighted by molar-refractivity contribution is -0.00471. The maximum absolute atomic E-state index is 9.60. The molecular formula is C13H27NO2. The molecule has 0 radical (unpaired) electrons. The molecular weight excluding hydrogens is 202 g/mol. The van der Waals surface area contributed by atoms with Crippen LogP contribution in [-0.2, 0) is 4.74 Å². The highest BCUT2D eigenvalue weighted by Gasteiger charge is 2.36. The van der Waals surface area contributed by atoms with Crippen molar-refractivity contribution in [1.82, 2.24) is 0 Å². The summed E-state index contributed by atoms with van der Waals surface area (Å²) in [5.41, 5.74) is 5.68. The van der Waals surface area contributed by atoms with Crippen LogP contribution in [0.4, 0.5) is 0 Å². The highest BCUT2D eigenvalue weighted by atomic mass is 16.5. The molecule has 96 valence electrons. The van der Waals surface area contributed by atoms with Gasteiger partial charge in [-0.25, -0.2) is 0 Å². The number of methoxy groups -OCH3 is 1. The second-order valence-corrected chi connectivity index (χ2v) is 5.97. The molecule has 0 bridgehead atoms. The zero-order valence-electron chi connectivity index (χ0n) is 11.0. The Balaban J connectivity index is 2.48. The fraction of sp³-hybridized carbons (Fsp3) is 1.00. The third-order valence-electron chi connectivity index (χ3n) is 4.00. The van der Waals surface area contributed by atoms with Crippen LogP contribution in [0.15, 0.2) is 0 Å². The molecule has 1 unspecified atom stereocenters. The van der Waals surface area contributed by atoms with E-state index in [0.29, 0.717) is 6.54 Å². The molecule has 3 N–H and O–H groups in total. The largest absolute Gasteiger partial charge is 0.396 e. The van der Waals surface area contributed by atoms with Crippen molar-refractivity contribution in [3.63, 3.8) is 0 Å². The van der Waals surface area contributed by atoms with Crippen LogP contribution < -0.4 is 5.73 Å². The highest BCUT2D eigenvalue weighted by Crippen LogP contribution is 2.42. The molecule has 0 spiro atoms. The normalized spacial score (nSPS) is 20.8. The summed E-state index contributed by atoms with van der Waals surface area (Å²) in [6.45, 7) is 4.96. The number of hydrogen-bond acceptors (Lipinski definition) is 3. The van der Waals surface area contributed by atoms with Gasteiger partial charge in [-0.15, -0.1) is 0 Å². The Morgan fingerprint density at radius 1 is 1.31 bits per heavy atom. The van der Waals surface area contributed by atoms with E-state index in [0.717, 1.165) is 25.2 Å². The summed E-state index contributed by atoms with van der Waals surface area (Å²) in [6, 6.07) is 0. The Bertz CT molecular complexity index is 208. The molecule has 0 aromatic heterocycles. The van der Waals surface area contributed by atoms with Crippen LogP contribution in [0.25, 0.3) is 0 Å². The first-order chi connectivity index (χ1) is 7.47. The third kappa shape index (κ3) is 4.04. The molecule has 0 aliphatic heterocycles. The molecule has 1 atom stereocenters. The van der Waals surface area contributed by atoms with Crippen molar-refractivity contribution in [1.29, 1.82) is 0 Å². The first-order valence-electron chi connectivity index (χ1n) is 6.33. The number of ether oxygens (including phenoxy) is 1. The Morgan fingerprint density at radius 2 is 1.94 bits per heavy atom. The monoisotopic (exact) mass is 229 g/mol. The summed E-state index contributed by atoms with van der Waals surface area (Å²) >= 11 is 0. The summed E-state index contributed by atoms with van der Waals surface area (Å²) in [5.74, 6) is 0.807. The lowest BCUT2D eigenvalue weighted by Crippen LogP contribution is -2.37. The SMILES string of the molecule is COC(C)(C)CCC(CN)(CO)CC1CC1. The lowest BCUT2D eigenvalue weighted by atomic mass is 9.77. The molecule has 3 heteroatoms. The molecule has 16 heavy (non-hydrogen) atoms. The van der Waals surface area contributed by atoms with Gasteiger partial charge in [0.1, 0.15) is 0 Å². The van der Waals surface area contributed by atoms with Crippen molar-refractivity contribution >= 4 is 0 Å². The zero-order valence-corrected chi connectivity index (χ0v) is 11.0. The van der Waals surface area contributed by atoms with Crippen molar-refractivity contribution in [3.8, 4) is 0 Å². The minimum Gasteiger partial charge on any atom is -0.396 e. The summed E-state index contributed by atoms with van der Waals surface area (Å²) in [7, 11) is 1.74. The molecule has 0 amide bonds. The molecule has 1 rings (SSSR count). The summed E-state index contributed by atoms with van der Waals surface area (Å²) < 4.78 is 5.42. The molecule has 0 aromatic carbocycles. The van der Waals surface area contributed by atoms with Crippen molar-refractivity contribution in [2.75, 3.05) is 20.3 Å². The molecule has 3 nitrogen and oxygen atoms in total. The van der Waals surface area contributed by atoms with E-state index < -0.39 is 0 Å². The van der Waals surface area contributed by atoms with Crippen LogP contribution >= 0.6 is 0 Å². The summed E-state index contributed by atoms with van der Waals surface area (Å²) in [4.78, 5) is 0. The lowest BCUT2D eigenvalue weighted by Gasteiger charge is -2.34. The first kappa shape index (κ1) is 13.9. The molecule has 1 saturated carbocycles. The van der Waals surface area contributed by atoms with E-state index in [2.05, 4.69) is 13.8 Å². The maximum atomic E-state index is 9.60. The number of rotatable bonds is 8. The molecule has 1 aliphatic rings. The van der Waals surface area contributed by atoms with Crippen molar-refractivity contribution in [2.24, 2.45) is 17.1 Å². The fourth-order valence-corrected chi connectivity index (χ4v) is 2.10. The van der Waals surface area contributed by atoms with Gasteiger partial charge < -0.3 is 15.6 Å². The number of aliphatic hydroxyl groups is 1. The third-order valence-corrected chi connectivity index (χ3v) is 4.00. The zero-order chi connectivity index (χ0) is 12.2. The van der Waals surface area contributed by atoms with Gasteiger partial charge in [-0.2, -0.15) is 0 Å². The maximum Gasteiger partial charge on any atom is 0.0623 e. The van der Waals surface area contributed by atoms with Gasteiger partial charge >= 0.3 is 0 Å². The van der Waals surface area contributed by atoms with Crippen LogP contribution in [0, 0.1) is 11.3 Å². The van der Waals surface area contributed by atoms with Gasteiger partial charge in [-0.05, 0) is 39.0 Å². The quantitative estimate of drug-likeness (QED) is 0.668. The topological polar surface area (TPSA) is 55.5 Å². The van der Waals surface area contributed by atoms with Gasteiger partial charge in [-0.1, -0.05) is 12.8 Å². The molecule has 1 fully saturated rings. The van der Waals surface area contributed by atoms with Crippen LogP contribution in [0.2, 0.25) is 0 Å². The minimum absolute atomic E-state index is 0.0725. The Labute approximate surface area is 99.4 Å². The van der Waals surface area contributed by atoms with Crippen LogP contribution in [0.5, 0.6) is 0 Å². The van der Waals surface area contributed by atoms with Gasteiger partial charge in [0.05, 0.1) is 5.60 Å². The summed E-state index contributed by atoms with van der Waals surface area (Å²) in [6.07, 6.45) is 5.62. The second-order valence-electron chi connectivity index (χ2n) is 5.97. The standard InChI is InChI=1S/C13H27NO2/c1-12(2,16-3)6-7-13(9-14,10-15)8-11-4-5-11/h11,15H,4-10,14H2,1-3H3. The average molecular weight is 229 g/mol. The predicted molar refractivity (Wildman–Crippen MR) is 66.2 cm³/mol. The predicted octanol–water partition coefficient (Wildman–Crippen LogP) is 1.93. The van der Waals surface area contributed by atoms with Crippen LogP contribution in [0.3, 0.4) is 0 Å². The van der Waals surface area contributed by atoms with Crippen LogP contribution in [0.1, 0.15) is 46.0 Å². The van der Waals surface area contributed by atoms with Crippen molar-refractivity contribution in [3.05, 3.63) is 0 Å². The second kappa shape index (κ2) is 5.48. The Morgan fingerprint density at radius 3 is 2.31 bits per heavy atom. The minimum atomic E-state index is -0.112. The Kier molecular flexibility index (Phi) is 4.77. The molecule has 0 aromatic rings. The van der Waals surface area contributed by atoms with Gasteiger partial charge in [-0.3, -0.25) is 0 Å². The average Bonchev–Trinajstić information content (AvgIpc) is 3.08. The fourth-order valence-electron chi connectivity index (χ4n) is 2.10. The van der Waals surface area contributed by atoms with Gasteiger partial charge in [0, 0.05) is 25.7 Å². The summed E-state index contributed by atoms with van der Waals surface area (Å²) in [5, 5.41) is 9.60. The molecule has 0 heterocycles. The van der Waals surface area contributed by atoms with E-state index in [-0.39, 0.29) is 17.6 Å². The van der Waals surface area contributed by atoms with E-state index in [1.807, 2.05) is 0 Å². The van der Waals surface area contributed by atoms with Gasteiger partial charge in [0.25, 0.3) is 0 Å². The van der Waals surface area contributed by atoms with E-state index in [1.165, 1.54) is 12.8 Å². The van der Waals surface area contributed by atoms with Crippen molar-refractivity contribution < 1.29 is 9.84 Å². The smallest absolute Gasteiger partial charge is 0.0623 e. The molecule has 0 saturated heterocycles. The van der Waals surface area contributed by atoms with E-state index in [9.17, 15) is 5.11 Å². The number of aliphatic hydroxyl groups excluding tert-OH is 1. The van der Waals surface area contributed by atoms with Gasteiger partial charge in [0.15, 0.2) is 0 Å². The first-order valence-corrected chi connectivity index (χ1v) is 6.33. The number of hydrogen-bond donors (Lipinski definition) is 2. The van der Waals surface area contributed by atoms with E-state index in [4.69, 9.17) is 10.5 Å². The molecule has 1 aliphatic carbocycles. The Hall–Kier alpha value is -0.120. The van der Waals surface area contributed by atoms with Gasteiger partial charge in [0.2, 0.25) is 0 Å². The highest BCUT2D eigenvalue weighted by molar-refractivity contribution is 4.89. The van der Waals surface area contributed by atoms with Crippen molar-refractivity contribution in [2.45, 2.75) is 51.6 Å². The van der Waals surface area contributed by atoms with Crippen LogP contribution in [-0.4, -0.2) is 31.0 Å². The van der Waals surface area contributed by atoms with E-state index >= 15 is 0 Å².